The van der Waals surface area contributed by atoms with Gasteiger partial charge in [0.1, 0.15) is 11.4 Å². The molecule has 2 saturated carbocycles. The number of carbonyl (C=O) groups excluding carboxylic acids is 2. The van der Waals surface area contributed by atoms with Gasteiger partial charge in [-0.2, -0.15) is 0 Å². The number of aliphatic hydroxyl groups is 3. The molecule has 0 radical (unpaired) electrons. The molecule has 5 nitrogen and oxygen atoms in total. The van der Waals surface area contributed by atoms with Crippen LogP contribution in [0.25, 0.3) is 0 Å². The largest absolute Gasteiger partial charge is 0.392 e. The number of hydrogen-bond acceptors (Lipinski definition) is 5. The van der Waals surface area contributed by atoms with Crippen molar-refractivity contribution in [2.75, 3.05) is 6.61 Å². The highest BCUT2D eigenvalue weighted by molar-refractivity contribution is 6.04. The van der Waals surface area contributed by atoms with Crippen molar-refractivity contribution in [1.29, 1.82) is 0 Å². The van der Waals surface area contributed by atoms with Gasteiger partial charge >= 0.3 is 0 Å². The lowest BCUT2D eigenvalue weighted by Gasteiger charge is -2.51. The van der Waals surface area contributed by atoms with E-state index in [1.165, 1.54) is 0 Å². The molecule has 0 aliphatic heterocycles. The molecule has 0 amide bonds. The zero-order chi connectivity index (χ0) is 20.9. The fraction of sp³-hybridized carbons (Fsp3) is 0.739. The summed E-state index contributed by atoms with van der Waals surface area (Å²) in [5.74, 6) is -1.36. The summed E-state index contributed by atoms with van der Waals surface area (Å²) in [4.78, 5) is 24.9. The van der Waals surface area contributed by atoms with Crippen molar-refractivity contribution >= 4 is 11.6 Å². The van der Waals surface area contributed by atoms with Crippen molar-refractivity contribution < 1.29 is 24.9 Å². The molecule has 0 spiro atoms. The molecule has 3 N–H and O–H groups in total. The van der Waals surface area contributed by atoms with E-state index in [-0.39, 0.29) is 53.2 Å². The fourth-order valence-electron chi connectivity index (χ4n) is 7.49. The Morgan fingerprint density at radius 3 is 2.46 bits per heavy atom. The van der Waals surface area contributed by atoms with Crippen LogP contribution in [-0.2, 0) is 9.59 Å². The van der Waals surface area contributed by atoms with Gasteiger partial charge in [0.2, 0.25) is 0 Å². The fourth-order valence-corrected chi connectivity index (χ4v) is 7.49. The summed E-state index contributed by atoms with van der Waals surface area (Å²) < 4.78 is 0. The van der Waals surface area contributed by atoms with E-state index in [9.17, 15) is 24.9 Å². The van der Waals surface area contributed by atoms with E-state index in [0.29, 0.717) is 24.0 Å². The first-order valence-electron chi connectivity index (χ1n) is 10.3. The third-order valence-corrected chi connectivity index (χ3v) is 8.79. The second-order valence-corrected chi connectivity index (χ2v) is 10.5. The number of carbonyl (C=O) groups is 2. The van der Waals surface area contributed by atoms with Crippen LogP contribution in [0.4, 0.5) is 0 Å². The Morgan fingerprint density at radius 2 is 1.89 bits per heavy atom. The Bertz CT molecular complexity index is 823. The van der Waals surface area contributed by atoms with Gasteiger partial charge < -0.3 is 20.1 Å². The summed E-state index contributed by atoms with van der Waals surface area (Å²) in [7, 11) is 0. The lowest BCUT2D eigenvalue weighted by molar-refractivity contribution is -0.172. The van der Waals surface area contributed by atoms with Crippen LogP contribution in [0.15, 0.2) is 23.3 Å². The topological polar surface area (TPSA) is 94.8 Å². The minimum Gasteiger partial charge on any atom is -0.392 e. The predicted molar refractivity (Wildman–Crippen MR) is 104 cm³/mol. The van der Waals surface area contributed by atoms with E-state index >= 15 is 0 Å². The van der Waals surface area contributed by atoms with Gasteiger partial charge in [-0.1, -0.05) is 32.9 Å². The molecule has 0 saturated heterocycles. The number of ketones is 2. The highest BCUT2D eigenvalue weighted by atomic mass is 16.3. The first kappa shape index (κ1) is 20.0. The molecule has 0 bridgehead atoms. The van der Waals surface area contributed by atoms with Crippen molar-refractivity contribution in [1.82, 2.24) is 0 Å². The summed E-state index contributed by atoms with van der Waals surface area (Å²) in [5, 5.41) is 33.5. The molecule has 5 heteroatoms. The average molecular weight is 389 g/mol. The maximum absolute atomic E-state index is 12.8. The third kappa shape index (κ3) is 2.13. The number of hydrogen-bond donors (Lipinski definition) is 3. The van der Waals surface area contributed by atoms with Crippen LogP contribution in [0.1, 0.15) is 53.9 Å². The van der Waals surface area contributed by atoms with Crippen LogP contribution in [0.3, 0.4) is 0 Å². The quantitative estimate of drug-likeness (QED) is 0.644. The lowest BCUT2D eigenvalue weighted by atomic mass is 9.58. The van der Waals surface area contributed by atoms with Crippen LogP contribution in [-0.4, -0.2) is 44.7 Å². The molecule has 4 aliphatic rings. The SMILES string of the molecule is CC(=O)C[C@@]12C[C@@H](C)[C@@]3(O)[C@@H](C=C(CO)C[C@]4(O)C(=O)C(C)=C[C@@H]34)[C@@H]1C2(C)C. The second-order valence-electron chi connectivity index (χ2n) is 10.5. The molecule has 0 heterocycles. The van der Waals surface area contributed by atoms with Crippen molar-refractivity contribution in [3.05, 3.63) is 23.3 Å². The van der Waals surface area contributed by atoms with Crippen LogP contribution in [0.2, 0.25) is 0 Å². The lowest BCUT2D eigenvalue weighted by Crippen LogP contribution is -2.60. The molecule has 0 aromatic rings. The summed E-state index contributed by atoms with van der Waals surface area (Å²) >= 11 is 0. The molecule has 4 rings (SSSR count). The van der Waals surface area contributed by atoms with Gasteiger partial charge in [0.25, 0.3) is 0 Å². The summed E-state index contributed by atoms with van der Waals surface area (Å²) in [6, 6.07) is 0. The third-order valence-electron chi connectivity index (χ3n) is 8.79. The van der Waals surface area contributed by atoms with E-state index < -0.39 is 17.1 Å². The number of rotatable bonds is 3. The Hall–Kier alpha value is -1.30. The zero-order valence-corrected chi connectivity index (χ0v) is 17.5. The van der Waals surface area contributed by atoms with Gasteiger partial charge in [-0.25, -0.2) is 0 Å². The van der Waals surface area contributed by atoms with Crippen molar-refractivity contribution in [3.8, 4) is 0 Å². The first-order valence-corrected chi connectivity index (χ1v) is 10.3. The molecule has 154 valence electrons. The van der Waals surface area contributed by atoms with E-state index in [1.54, 1.807) is 19.9 Å². The molecule has 0 unspecified atom stereocenters. The normalized spacial score (nSPS) is 48.6. The second kappa shape index (κ2) is 5.65. The van der Waals surface area contributed by atoms with E-state index in [4.69, 9.17) is 0 Å². The minimum atomic E-state index is -1.71. The first-order chi connectivity index (χ1) is 12.9. The zero-order valence-electron chi connectivity index (χ0n) is 17.5. The van der Waals surface area contributed by atoms with Crippen molar-refractivity contribution in [3.63, 3.8) is 0 Å². The van der Waals surface area contributed by atoms with Gasteiger partial charge in [-0.05, 0) is 54.1 Å². The van der Waals surface area contributed by atoms with Crippen molar-refractivity contribution in [2.24, 2.45) is 34.5 Å². The average Bonchev–Trinajstić information content (AvgIpc) is 2.99. The molecular weight excluding hydrogens is 356 g/mol. The van der Waals surface area contributed by atoms with Crippen LogP contribution >= 0.6 is 0 Å². The van der Waals surface area contributed by atoms with Gasteiger partial charge in [0.15, 0.2) is 5.78 Å². The molecular formula is C23H32O5. The van der Waals surface area contributed by atoms with E-state index in [2.05, 4.69) is 13.8 Å². The van der Waals surface area contributed by atoms with Crippen LogP contribution in [0, 0.1) is 34.5 Å². The molecule has 4 aliphatic carbocycles. The molecule has 28 heavy (non-hydrogen) atoms. The Labute approximate surface area is 166 Å². The standard InChI is InChI=1S/C23H32O5/c1-12-6-17-22(27,19(12)26)10-15(11-24)7-16-18-20(4,5)21(18,9-14(3)25)8-13(2)23(16,17)28/h6-7,13,16-18,24,27-28H,8-11H2,1-5H3/t13-,16+,17-,18-,21+,22-,23-/m1/s1. The summed E-state index contributed by atoms with van der Waals surface area (Å²) in [6.07, 6.45) is 4.86. The maximum atomic E-state index is 12.8. The monoisotopic (exact) mass is 388 g/mol. The van der Waals surface area contributed by atoms with Crippen molar-refractivity contribution in [2.45, 2.75) is 65.1 Å². The van der Waals surface area contributed by atoms with Gasteiger partial charge in [-0.15, -0.1) is 0 Å². The molecule has 7 atom stereocenters. The Kier molecular flexibility index (Phi) is 4.03. The van der Waals surface area contributed by atoms with E-state index in [1.807, 2.05) is 13.0 Å². The highest BCUT2D eigenvalue weighted by Gasteiger charge is 2.80. The predicted octanol–water partition coefficient (Wildman–Crippen LogP) is 2.19. The Morgan fingerprint density at radius 1 is 1.25 bits per heavy atom. The number of aliphatic hydroxyl groups excluding tert-OH is 1. The van der Waals surface area contributed by atoms with Crippen LogP contribution in [0.5, 0.6) is 0 Å². The van der Waals surface area contributed by atoms with Gasteiger partial charge in [0.05, 0.1) is 12.2 Å². The summed E-state index contributed by atoms with van der Waals surface area (Å²) in [6.45, 7) is 9.34. The van der Waals surface area contributed by atoms with Gasteiger partial charge in [0, 0.05) is 24.7 Å². The molecule has 0 aromatic carbocycles. The molecule has 0 aromatic heterocycles. The minimum absolute atomic E-state index is 0.0409. The highest BCUT2D eigenvalue weighted by Crippen LogP contribution is 2.81. The number of Topliss-reactive ketones (excluding diaryl/α,β-unsaturated/α-hetero) is 2. The number of fused-ring (bicyclic) bond motifs is 5. The van der Waals surface area contributed by atoms with E-state index in [0.717, 1.165) is 0 Å². The van der Waals surface area contributed by atoms with Crippen LogP contribution < -0.4 is 0 Å². The summed E-state index contributed by atoms with van der Waals surface area (Å²) in [5.41, 5.74) is -2.26. The Balaban J connectivity index is 1.90. The maximum Gasteiger partial charge on any atom is 0.190 e. The smallest absolute Gasteiger partial charge is 0.190 e. The molecule has 2 fully saturated rings. The van der Waals surface area contributed by atoms with Gasteiger partial charge in [-0.3, -0.25) is 4.79 Å².